The lowest BCUT2D eigenvalue weighted by atomic mass is 10.2. The van der Waals surface area contributed by atoms with Crippen LogP contribution in [-0.2, 0) is 9.53 Å². The molecule has 0 radical (unpaired) electrons. The normalized spacial score (nSPS) is 28.8. The molecule has 0 bridgehead atoms. The molecule has 3 amide bonds. The van der Waals surface area contributed by atoms with Crippen LogP contribution < -0.4 is 16.4 Å². The summed E-state index contributed by atoms with van der Waals surface area (Å²) in [7, 11) is 0. The third-order valence-electron chi connectivity index (χ3n) is 2.13. The summed E-state index contributed by atoms with van der Waals surface area (Å²) >= 11 is 0. The maximum Gasteiger partial charge on any atom is 0.323 e. The first kappa shape index (κ1) is 13.4. The molecule has 0 spiro atoms. The van der Waals surface area contributed by atoms with Gasteiger partial charge in [-0.3, -0.25) is 10.1 Å². The molecule has 1 heterocycles. The summed E-state index contributed by atoms with van der Waals surface area (Å²) in [5.41, 5.74) is 5.16. The second kappa shape index (κ2) is 6.13. The van der Waals surface area contributed by atoms with E-state index in [1.54, 1.807) is 0 Å². The highest BCUT2D eigenvalue weighted by Crippen LogP contribution is 2.17. The zero-order chi connectivity index (χ0) is 12.8. The molecule has 6 N–H and O–H groups in total. The Morgan fingerprint density at radius 2 is 2.35 bits per heavy atom. The number of aliphatic hydroxyl groups is 2. The molecule has 3 atom stereocenters. The minimum absolute atomic E-state index is 0.156. The highest BCUT2D eigenvalue weighted by molar-refractivity contribution is 5.97. The number of rotatable bonds is 3. The Bertz CT molecular complexity index is 321. The quantitative estimate of drug-likeness (QED) is 0.207. The van der Waals surface area contributed by atoms with Crippen LogP contribution in [-0.4, -0.2) is 53.7 Å². The molecule has 0 aromatic rings. The average molecular weight is 246 g/mol. The van der Waals surface area contributed by atoms with Gasteiger partial charge in [0.1, 0.15) is 12.3 Å². The summed E-state index contributed by atoms with van der Waals surface area (Å²) in [5, 5.41) is 22.6. The topological polar surface area (TPSA) is 146 Å². The van der Waals surface area contributed by atoms with Gasteiger partial charge in [0.15, 0.2) is 0 Å². The molecular formula is C8H14N4O5. The number of aliphatic imine (C=N–C) groups is 1. The monoisotopic (exact) mass is 246 g/mol. The van der Waals surface area contributed by atoms with Crippen LogP contribution in [0.5, 0.6) is 0 Å². The van der Waals surface area contributed by atoms with Gasteiger partial charge in [-0.15, -0.1) is 0 Å². The third kappa shape index (κ3) is 3.98. The van der Waals surface area contributed by atoms with Crippen molar-refractivity contribution in [2.45, 2.75) is 24.9 Å². The Morgan fingerprint density at radius 1 is 1.65 bits per heavy atom. The van der Waals surface area contributed by atoms with Gasteiger partial charge in [-0.25, -0.2) is 4.79 Å². The van der Waals surface area contributed by atoms with Crippen molar-refractivity contribution in [3.8, 4) is 0 Å². The largest absolute Gasteiger partial charge is 0.394 e. The molecule has 1 aliphatic heterocycles. The molecule has 1 fully saturated rings. The number of nitrogens with one attached hydrogen (secondary N) is 2. The maximum absolute atomic E-state index is 11.3. The standard InChI is InChI=1S/C8H14N4O5/c9-7(10-3-14)12-8(16)11-6-1-4(15)5(2-13)17-6/h3-6,13,15H,1-2H2,(H4,9,10,11,12,14,16)/t4-,5?,6-/m1/s1. The van der Waals surface area contributed by atoms with Crippen LogP contribution in [0.1, 0.15) is 6.42 Å². The van der Waals surface area contributed by atoms with Gasteiger partial charge in [0.05, 0.1) is 12.7 Å². The molecule has 0 saturated carbocycles. The lowest BCUT2D eigenvalue weighted by Crippen LogP contribution is -2.47. The molecule has 9 nitrogen and oxygen atoms in total. The predicted octanol–water partition coefficient (Wildman–Crippen LogP) is -2.78. The van der Waals surface area contributed by atoms with Gasteiger partial charge in [-0.2, -0.15) is 4.99 Å². The van der Waals surface area contributed by atoms with Crippen molar-refractivity contribution < 1.29 is 24.5 Å². The van der Waals surface area contributed by atoms with Crippen molar-refractivity contribution in [2.75, 3.05) is 6.61 Å². The first-order chi connectivity index (χ1) is 8.06. The smallest absolute Gasteiger partial charge is 0.323 e. The number of guanidine groups is 1. The average Bonchev–Trinajstić information content (AvgIpc) is 2.58. The van der Waals surface area contributed by atoms with E-state index in [0.717, 1.165) is 0 Å². The first-order valence-corrected chi connectivity index (χ1v) is 4.85. The number of carbonyl (C=O) groups is 2. The lowest BCUT2D eigenvalue weighted by molar-refractivity contribution is -0.106. The molecule has 0 aromatic heterocycles. The van der Waals surface area contributed by atoms with Crippen LogP contribution in [0, 0.1) is 0 Å². The molecule has 17 heavy (non-hydrogen) atoms. The highest BCUT2D eigenvalue weighted by atomic mass is 16.5. The number of urea groups is 1. The van der Waals surface area contributed by atoms with E-state index in [1.807, 2.05) is 0 Å². The van der Waals surface area contributed by atoms with Crippen molar-refractivity contribution in [3.05, 3.63) is 0 Å². The lowest BCUT2D eigenvalue weighted by Gasteiger charge is -2.13. The fourth-order valence-electron chi connectivity index (χ4n) is 1.37. The number of carbonyl (C=O) groups excluding carboxylic acids is 2. The van der Waals surface area contributed by atoms with Crippen LogP contribution in [0.25, 0.3) is 0 Å². The fourth-order valence-corrected chi connectivity index (χ4v) is 1.37. The van der Waals surface area contributed by atoms with Crippen LogP contribution in [0.2, 0.25) is 0 Å². The summed E-state index contributed by atoms with van der Waals surface area (Å²) in [6.45, 7) is -0.338. The van der Waals surface area contributed by atoms with E-state index in [9.17, 15) is 14.7 Å². The number of ether oxygens (including phenoxy) is 1. The molecule has 0 aliphatic carbocycles. The van der Waals surface area contributed by atoms with E-state index in [1.165, 1.54) is 0 Å². The van der Waals surface area contributed by atoms with Crippen LogP contribution in [0.15, 0.2) is 4.99 Å². The number of nitrogens with zero attached hydrogens (tertiary/aromatic N) is 1. The van der Waals surface area contributed by atoms with Gasteiger partial charge in [0.25, 0.3) is 0 Å². The van der Waals surface area contributed by atoms with Crippen LogP contribution in [0.4, 0.5) is 4.79 Å². The van der Waals surface area contributed by atoms with E-state index >= 15 is 0 Å². The summed E-state index contributed by atoms with van der Waals surface area (Å²) in [6, 6.07) is -0.719. The Hall–Kier alpha value is -1.71. The molecule has 1 aliphatic rings. The second-order valence-electron chi connectivity index (χ2n) is 3.37. The van der Waals surface area contributed by atoms with Crippen LogP contribution in [0.3, 0.4) is 0 Å². The van der Waals surface area contributed by atoms with Crippen molar-refractivity contribution in [2.24, 2.45) is 10.7 Å². The van der Waals surface area contributed by atoms with Crippen molar-refractivity contribution in [1.82, 2.24) is 10.6 Å². The van der Waals surface area contributed by atoms with Gasteiger partial charge in [-0.1, -0.05) is 0 Å². The Kier molecular flexibility index (Phi) is 4.82. The molecule has 1 rings (SSSR count). The zero-order valence-corrected chi connectivity index (χ0v) is 8.87. The van der Waals surface area contributed by atoms with E-state index < -0.39 is 24.5 Å². The Morgan fingerprint density at radius 3 is 2.88 bits per heavy atom. The molecule has 0 aromatic carbocycles. The highest BCUT2D eigenvalue weighted by Gasteiger charge is 2.34. The van der Waals surface area contributed by atoms with Gasteiger partial charge in [0.2, 0.25) is 12.4 Å². The number of aliphatic hydroxyl groups excluding tert-OH is 2. The van der Waals surface area contributed by atoms with E-state index in [0.29, 0.717) is 0 Å². The molecule has 9 heteroatoms. The van der Waals surface area contributed by atoms with Crippen LogP contribution >= 0.6 is 0 Å². The SMILES string of the molecule is NC(=NC=O)NC(=O)N[C@H]1C[C@@H](O)C(CO)O1. The molecular weight excluding hydrogens is 232 g/mol. The number of hydrogen-bond acceptors (Lipinski definition) is 5. The Labute approximate surface area is 96.6 Å². The molecule has 96 valence electrons. The van der Waals surface area contributed by atoms with E-state index in [4.69, 9.17) is 15.6 Å². The second-order valence-corrected chi connectivity index (χ2v) is 3.37. The third-order valence-corrected chi connectivity index (χ3v) is 2.13. The maximum atomic E-state index is 11.3. The Balaban J connectivity index is 2.38. The van der Waals surface area contributed by atoms with Gasteiger partial charge < -0.3 is 26.0 Å². The van der Waals surface area contributed by atoms with Crippen molar-refractivity contribution in [1.29, 1.82) is 0 Å². The summed E-state index contributed by atoms with van der Waals surface area (Å²) in [4.78, 5) is 24.3. The van der Waals surface area contributed by atoms with E-state index in [-0.39, 0.29) is 25.4 Å². The van der Waals surface area contributed by atoms with Crippen molar-refractivity contribution >= 4 is 18.4 Å². The fraction of sp³-hybridized carbons (Fsp3) is 0.625. The first-order valence-electron chi connectivity index (χ1n) is 4.85. The van der Waals surface area contributed by atoms with E-state index in [2.05, 4.69) is 15.6 Å². The molecule has 1 unspecified atom stereocenters. The number of amides is 3. The summed E-state index contributed by atoms with van der Waals surface area (Å²) < 4.78 is 5.11. The van der Waals surface area contributed by atoms with Gasteiger partial charge in [-0.05, 0) is 0 Å². The zero-order valence-electron chi connectivity index (χ0n) is 8.87. The van der Waals surface area contributed by atoms with Gasteiger partial charge >= 0.3 is 6.03 Å². The number of hydrogen-bond donors (Lipinski definition) is 5. The summed E-state index contributed by atoms with van der Waals surface area (Å²) in [6.07, 6.45) is -1.95. The number of nitrogens with two attached hydrogens (primary N) is 1. The van der Waals surface area contributed by atoms with Gasteiger partial charge in [0, 0.05) is 6.42 Å². The summed E-state index contributed by atoms with van der Waals surface area (Å²) in [5.74, 6) is -0.352. The minimum Gasteiger partial charge on any atom is -0.394 e. The van der Waals surface area contributed by atoms with Crippen molar-refractivity contribution in [3.63, 3.8) is 0 Å². The molecule has 1 saturated heterocycles. The minimum atomic E-state index is -0.841. The predicted molar refractivity (Wildman–Crippen MR) is 55.7 cm³/mol.